The summed E-state index contributed by atoms with van der Waals surface area (Å²) in [4.78, 5) is 29.1. The van der Waals surface area contributed by atoms with E-state index >= 15 is 0 Å². The summed E-state index contributed by atoms with van der Waals surface area (Å²) in [5.74, 6) is -0.730. The number of carbonyl (C=O) groups is 2. The van der Waals surface area contributed by atoms with Crippen LogP contribution in [0.5, 0.6) is 0 Å². The first-order valence-electron chi connectivity index (χ1n) is 7.09. The number of hydrazine groups is 1. The van der Waals surface area contributed by atoms with Gasteiger partial charge in [-0.05, 0) is 24.3 Å². The summed E-state index contributed by atoms with van der Waals surface area (Å²) in [6, 6.07) is 14.5. The Bertz CT molecular complexity index is 922. The van der Waals surface area contributed by atoms with Gasteiger partial charge in [0.05, 0.1) is 16.8 Å². The first kappa shape index (κ1) is 17.8. The third kappa shape index (κ3) is 3.24. The maximum absolute atomic E-state index is 12.3. The number of anilines is 1. The highest BCUT2D eigenvalue weighted by molar-refractivity contribution is 9.10. The predicted molar refractivity (Wildman–Crippen MR) is 106 cm³/mol. The van der Waals surface area contributed by atoms with Gasteiger partial charge >= 0.3 is 0 Å². The van der Waals surface area contributed by atoms with Crippen LogP contribution in [-0.4, -0.2) is 21.8 Å². The Morgan fingerprint density at radius 1 is 0.960 bits per heavy atom. The molecule has 1 aliphatic rings. The molecule has 25 heavy (non-hydrogen) atoms. The number of thiazole rings is 1. The topological polar surface area (TPSA) is 62.3 Å². The number of hydrogen-bond donors (Lipinski definition) is 1. The van der Waals surface area contributed by atoms with Crippen LogP contribution in [0.4, 0.5) is 5.13 Å². The van der Waals surface area contributed by atoms with Gasteiger partial charge in [-0.2, -0.15) is 5.01 Å². The van der Waals surface area contributed by atoms with E-state index in [1.807, 2.05) is 29.6 Å². The molecule has 5 nitrogen and oxygen atoms in total. The van der Waals surface area contributed by atoms with Crippen molar-refractivity contribution in [2.24, 2.45) is 0 Å². The number of hydrogen-bond acceptors (Lipinski definition) is 5. The Kier molecular flexibility index (Phi) is 5.03. The second-order valence-electron chi connectivity index (χ2n) is 5.15. The van der Waals surface area contributed by atoms with Gasteiger partial charge in [-0.1, -0.05) is 40.2 Å². The Labute approximate surface area is 166 Å². The van der Waals surface area contributed by atoms with E-state index in [-0.39, 0.29) is 28.8 Å². The minimum absolute atomic E-state index is 0. The number of carbonyl (C=O) groups excluding carboxylic acids is 2. The number of nitrogens with zero attached hydrogens (tertiary/aromatic N) is 2. The fraction of sp³-hybridized carbons (Fsp3) is 0. The quantitative estimate of drug-likeness (QED) is 0.548. The molecule has 8 heteroatoms. The van der Waals surface area contributed by atoms with Crippen molar-refractivity contribution in [3.05, 3.63) is 69.5 Å². The first-order valence-corrected chi connectivity index (χ1v) is 8.77. The third-order valence-corrected chi connectivity index (χ3v) is 4.92. The van der Waals surface area contributed by atoms with E-state index < -0.39 is 0 Å². The van der Waals surface area contributed by atoms with Gasteiger partial charge < -0.3 is 0 Å². The predicted octanol–water partition coefficient (Wildman–Crippen LogP) is 4.77. The average Bonchev–Trinajstić information content (AvgIpc) is 3.16. The van der Waals surface area contributed by atoms with Crippen LogP contribution in [0.2, 0.25) is 0 Å². The van der Waals surface area contributed by atoms with Crippen molar-refractivity contribution in [2.45, 2.75) is 0 Å². The lowest BCUT2D eigenvalue weighted by atomic mass is 10.1. The molecule has 0 saturated heterocycles. The molecule has 0 spiro atoms. The van der Waals surface area contributed by atoms with E-state index in [9.17, 15) is 9.59 Å². The normalized spacial score (nSPS) is 12.8. The second-order valence-corrected chi connectivity index (χ2v) is 6.92. The molecule has 1 aromatic heterocycles. The molecule has 0 fully saturated rings. The van der Waals surface area contributed by atoms with E-state index in [1.54, 1.807) is 24.3 Å². The molecule has 1 aliphatic heterocycles. The molecule has 0 bridgehead atoms. The third-order valence-electron chi connectivity index (χ3n) is 3.65. The zero-order valence-corrected chi connectivity index (χ0v) is 16.7. The summed E-state index contributed by atoms with van der Waals surface area (Å²) in [7, 11) is 0. The number of imide groups is 1. The Morgan fingerprint density at radius 3 is 2.16 bits per heavy atom. The molecule has 0 radical (unpaired) electrons. The second kappa shape index (κ2) is 7.07. The van der Waals surface area contributed by atoms with Crippen LogP contribution < -0.4 is 5.43 Å². The van der Waals surface area contributed by atoms with Gasteiger partial charge in [0.15, 0.2) is 0 Å². The maximum Gasteiger partial charge on any atom is 0.280 e. The molecular weight excluding hydrogens is 470 g/mol. The minimum atomic E-state index is -0.365. The molecule has 2 aromatic carbocycles. The summed E-state index contributed by atoms with van der Waals surface area (Å²) >= 11 is 4.74. The van der Waals surface area contributed by atoms with Crippen molar-refractivity contribution < 1.29 is 9.59 Å². The van der Waals surface area contributed by atoms with E-state index in [2.05, 4.69) is 26.3 Å². The Hall–Kier alpha value is -2.03. The number of halogens is 2. The highest BCUT2D eigenvalue weighted by atomic mass is 79.9. The molecule has 0 aliphatic carbocycles. The summed E-state index contributed by atoms with van der Waals surface area (Å²) in [5.41, 5.74) is 5.37. The van der Waals surface area contributed by atoms with Crippen molar-refractivity contribution in [3.8, 4) is 11.3 Å². The average molecular weight is 481 g/mol. The SMILES string of the molecule is Br.O=C1c2ccccc2C(=O)N1Nc1nc(-c2ccc(Br)cc2)cs1. The summed E-state index contributed by atoms with van der Waals surface area (Å²) in [5, 5.41) is 3.38. The maximum atomic E-state index is 12.3. The molecule has 0 unspecified atom stereocenters. The summed E-state index contributed by atoms with van der Waals surface area (Å²) in [6.45, 7) is 0. The Balaban J connectivity index is 0.00000182. The van der Waals surface area contributed by atoms with Crippen LogP contribution in [0.1, 0.15) is 20.7 Å². The molecule has 2 heterocycles. The lowest BCUT2D eigenvalue weighted by Crippen LogP contribution is -2.35. The van der Waals surface area contributed by atoms with E-state index in [4.69, 9.17) is 0 Å². The summed E-state index contributed by atoms with van der Waals surface area (Å²) in [6.07, 6.45) is 0. The number of amides is 2. The largest absolute Gasteiger partial charge is 0.280 e. The van der Waals surface area contributed by atoms with E-state index in [0.717, 1.165) is 20.7 Å². The van der Waals surface area contributed by atoms with E-state index in [1.165, 1.54) is 11.3 Å². The number of nitrogens with one attached hydrogen (secondary N) is 1. The van der Waals surface area contributed by atoms with Crippen molar-refractivity contribution in [1.82, 2.24) is 9.99 Å². The molecule has 1 N–H and O–H groups in total. The fourth-order valence-corrected chi connectivity index (χ4v) is 3.44. The number of fused-ring (bicyclic) bond motifs is 1. The number of rotatable bonds is 3. The fourth-order valence-electron chi connectivity index (χ4n) is 2.46. The zero-order chi connectivity index (χ0) is 16.7. The highest BCUT2D eigenvalue weighted by Crippen LogP contribution is 2.28. The van der Waals surface area contributed by atoms with E-state index in [0.29, 0.717) is 16.3 Å². The molecule has 0 atom stereocenters. The molecular formula is C17H11Br2N3O2S. The zero-order valence-electron chi connectivity index (χ0n) is 12.6. The summed E-state index contributed by atoms with van der Waals surface area (Å²) < 4.78 is 0.992. The molecule has 2 amide bonds. The van der Waals surface area contributed by atoms with Crippen molar-refractivity contribution in [1.29, 1.82) is 0 Å². The van der Waals surface area contributed by atoms with Gasteiger partial charge in [-0.3, -0.25) is 15.0 Å². The van der Waals surface area contributed by atoms with Gasteiger partial charge in [0.2, 0.25) is 5.13 Å². The lowest BCUT2D eigenvalue weighted by molar-refractivity contribution is 0.0691. The first-order chi connectivity index (χ1) is 11.6. The van der Waals surface area contributed by atoms with Crippen LogP contribution >= 0.6 is 44.2 Å². The van der Waals surface area contributed by atoms with Gasteiger partial charge in [0.25, 0.3) is 11.8 Å². The standard InChI is InChI=1S/C17H10BrN3O2S.BrH/c18-11-7-5-10(6-8-11)14-9-24-17(19-14)20-21-15(22)12-3-1-2-4-13(12)16(21)23;/h1-9H,(H,19,20);1H. The van der Waals surface area contributed by atoms with Gasteiger partial charge in [-0.25, -0.2) is 4.98 Å². The molecule has 0 saturated carbocycles. The van der Waals surface area contributed by atoms with Gasteiger partial charge in [0, 0.05) is 15.4 Å². The van der Waals surface area contributed by atoms with Gasteiger partial charge in [-0.15, -0.1) is 28.3 Å². The van der Waals surface area contributed by atoms with Crippen molar-refractivity contribution in [2.75, 3.05) is 5.43 Å². The monoisotopic (exact) mass is 479 g/mol. The van der Waals surface area contributed by atoms with Gasteiger partial charge in [0.1, 0.15) is 0 Å². The Morgan fingerprint density at radius 2 is 1.56 bits per heavy atom. The lowest BCUT2D eigenvalue weighted by Gasteiger charge is -2.13. The smallest absolute Gasteiger partial charge is 0.267 e. The van der Waals surface area contributed by atoms with Crippen molar-refractivity contribution in [3.63, 3.8) is 0 Å². The molecule has 3 aromatic rings. The minimum Gasteiger partial charge on any atom is -0.267 e. The highest BCUT2D eigenvalue weighted by Gasteiger charge is 2.36. The molecule has 4 rings (SSSR count). The van der Waals surface area contributed by atoms with Crippen LogP contribution in [0.15, 0.2) is 58.4 Å². The van der Waals surface area contributed by atoms with Crippen molar-refractivity contribution >= 4 is 61.2 Å². The van der Waals surface area contributed by atoms with Crippen LogP contribution in [0.3, 0.4) is 0 Å². The number of aromatic nitrogens is 1. The molecule has 126 valence electrons. The van der Waals surface area contributed by atoms with Crippen LogP contribution in [-0.2, 0) is 0 Å². The number of benzene rings is 2. The van der Waals surface area contributed by atoms with Crippen LogP contribution in [0.25, 0.3) is 11.3 Å². The van der Waals surface area contributed by atoms with Crippen LogP contribution in [0, 0.1) is 0 Å².